The first kappa shape index (κ1) is 15.2. The van der Waals surface area contributed by atoms with E-state index in [9.17, 15) is 0 Å². The quantitative estimate of drug-likeness (QED) is 0.816. The van der Waals surface area contributed by atoms with Crippen LogP contribution in [0.5, 0.6) is 0 Å². The van der Waals surface area contributed by atoms with Gasteiger partial charge < -0.3 is 5.32 Å². The number of rotatable bonds is 5. The summed E-state index contributed by atoms with van der Waals surface area (Å²) in [6.07, 6.45) is 2.36. The number of hydrogen-bond donors (Lipinski definition) is 1. The Morgan fingerprint density at radius 2 is 1.83 bits per heavy atom. The summed E-state index contributed by atoms with van der Waals surface area (Å²) in [6, 6.07) is 9.95. The van der Waals surface area contributed by atoms with Gasteiger partial charge in [-0.25, -0.2) is 0 Å². The molecule has 0 fully saturated rings. The van der Waals surface area contributed by atoms with E-state index in [-0.39, 0.29) is 0 Å². The van der Waals surface area contributed by atoms with Crippen LogP contribution in [0.2, 0.25) is 0 Å². The summed E-state index contributed by atoms with van der Waals surface area (Å²) in [5.41, 5.74) is 3.14. The summed E-state index contributed by atoms with van der Waals surface area (Å²) in [5, 5.41) is 3.70. The van der Waals surface area contributed by atoms with Crippen LogP contribution in [0.15, 0.2) is 24.3 Å². The molecule has 0 saturated carbocycles. The molecule has 0 spiro atoms. The van der Waals surface area contributed by atoms with E-state index in [1.165, 1.54) is 17.5 Å². The van der Waals surface area contributed by atoms with E-state index < -0.39 is 0 Å². The number of hydrogen-bond acceptors (Lipinski definition) is 1. The van der Waals surface area contributed by atoms with E-state index in [4.69, 9.17) is 0 Å². The van der Waals surface area contributed by atoms with Gasteiger partial charge in [0.2, 0.25) is 0 Å². The van der Waals surface area contributed by atoms with E-state index in [2.05, 4.69) is 71.1 Å². The van der Waals surface area contributed by atoms with Gasteiger partial charge in [-0.2, -0.15) is 0 Å². The lowest BCUT2D eigenvalue weighted by Gasteiger charge is -2.31. The Bertz CT molecular complexity index is 362. The standard InChI is InChI=1S/C17H29N/c1-13-8-7-9-16(12-13)11-10-14(2)18-15(3)17(4,5)6/h7-9,12,14-15,18H,10-11H2,1-6H3. The van der Waals surface area contributed by atoms with Gasteiger partial charge in [0.1, 0.15) is 0 Å². The molecule has 1 aromatic carbocycles. The molecule has 1 N–H and O–H groups in total. The highest BCUT2D eigenvalue weighted by molar-refractivity contribution is 5.22. The average molecular weight is 247 g/mol. The van der Waals surface area contributed by atoms with Crippen LogP contribution in [-0.4, -0.2) is 12.1 Å². The maximum absolute atomic E-state index is 3.70. The first-order valence-corrected chi connectivity index (χ1v) is 7.10. The third-order valence-electron chi connectivity index (χ3n) is 3.78. The molecule has 102 valence electrons. The molecule has 1 rings (SSSR count). The maximum Gasteiger partial charge on any atom is 0.00897 e. The summed E-state index contributed by atoms with van der Waals surface area (Å²) in [4.78, 5) is 0. The fourth-order valence-electron chi connectivity index (χ4n) is 2.01. The summed E-state index contributed by atoms with van der Waals surface area (Å²) >= 11 is 0. The molecule has 0 bridgehead atoms. The second-order valence-corrected chi connectivity index (χ2v) is 6.68. The summed E-state index contributed by atoms with van der Waals surface area (Å²) in [5.74, 6) is 0. The molecule has 0 amide bonds. The molecule has 2 unspecified atom stereocenters. The highest BCUT2D eigenvalue weighted by atomic mass is 14.9. The van der Waals surface area contributed by atoms with Crippen molar-refractivity contribution in [1.82, 2.24) is 5.32 Å². The van der Waals surface area contributed by atoms with Crippen molar-refractivity contribution in [3.8, 4) is 0 Å². The van der Waals surface area contributed by atoms with Crippen LogP contribution in [-0.2, 0) is 6.42 Å². The molecular weight excluding hydrogens is 218 g/mol. The molecule has 1 heteroatoms. The summed E-state index contributed by atoms with van der Waals surface area (Å²) in [6.45, 7) is 13.6. The van der Waals surface area contributed by atoms with Crippen LogP contribution in [0.1, 0.15) is 52.2 Å². The zero-order valence-corrected chi connectivity index (χ0v) is 12.9. The Kier molecular flexibility index (Phi) is 5.40. The van der Waals surface area contributed by atoms with Crippen molar-refractivity contribution in [3.63, 3.8) is 0 Å². The van der Waals surface area contributed by atoms with Crippen molar-refractivity contribution in [1.29, 1.82) is 0 Å². The number of aryl methyl sites for hydroxylation is 2. The highest BCUT2D eigenvalue weighted by Crippen LogP contribution is 2.19. The summed E-state index contributed by atoms with van der Waals surface area (Å²) < 4.78 is 0. The molecule has 0 aliphatic carbocycles. The molecule has 0 saturated heterocycles. The second-order valence-electron chi connectivity index (χ2n) is 6.68. The first-order chi connectivity index (χ1) is 8.29. The topological polar surface area (TPSA) is 12.0 Å². The van der Waals surface area contributed by atoms with Gasteiger partial charge in [-0.15, -0.1) is 0 Å². The van der Waals surface area contributed by atoms with Crippen molar-refractivity contribution in [2.75, 3.05) is 0 Å². The van der Waals surface area contributed by atoms with Gasteiger partial charge in [0.25, 0.3) is 0 Å². The fourth-order valence-corrected chi connectivity index (χ4v) is 2.01. The van der Waals surface area contributed by atoms with Crippen LogP contribution in [0.3, 0.4) is 0 Å². The van der Waals surface area contributed by atoms with Crippen LogP contribution >= 0.6 is 0 Å². The zero-order chi connectivity index (χ0) is 13.8. The zero-order valence-electron chi connectivity index (χ0n) is 12.9. The molecule has 0 aliphatic heterocycles. The molecule has 2 atom stereocenters. The smallest absolute Gasteiger partial charge is 0.00897 e. The van der Waals surface area contributed by atoms with Gasteiger partial charge in [-0.1, -0.05) is 50.6 Å². The Hall–Kier alpha value is -0.820. The van der Waals surface area contributed by atoms with E-state index in [0.717, 1.165) is 6.42 Å². The lowest BCUT2D eigenvalue weighted by Crippen LogP contribution is -2.42. The van der Waals surface area contributed by atoms with Gasteiger partial charge in [0, 0.05) is 12.1 Å². The predicted octanol–water partition coefficient (Wildman–Crippen LogP) is 4.34. The molecule has 0 heterocycles. The molecule has 1 aromatic rings. The van der Waals surface area contributed by atoms with E-state index in [0.29, 0.717) is 17.5 Å². The predicted molar refractivity (Wildman–Crippen MR) is 81.0 cm³/mol. The van der Waals surface area contributed by atoms with Crippen LogP contribution in [0, 0.1) is 12.3 Å². The van der Waals surface area contributed by atoms with Gasteiger partial charge >= 0.3 is 0 Å². The fraction of sp³-hybridized carbons (Fsp3) is 0.647. The first-order valence-electron chi connectivity index (χ1n) is 7.10. The van der Waals surface area contributed by atoms with Gasteiger partial charge in [-0.3, -0.25) is 0 Å². The Morgan fingerprint density at radius 1 is 1.17 bits per heavy atom. The van der Waals surface area contributed by atoms with Gasteiger partial charge in [-0.05, 0) is 44.6 Å². The molecule has 0 aromatic heterocycles. The largest absolute Gasteiger partial charge is 0.311 e. The molecule has 1 nitrogen and oxygen atoms in total. The minimum atomic E-state index is 0.331. The van der Waals surface area contributed by atoms with Crippen molar-refractivity contribution >= 4 is 0 Å². The SMILES string of the molecule is Cc1cccc(CCC(C)NC(C)C(C)(C)C)c1. The van der Waals surface area contributed by atoms with Crippen molar-refractivity contribution in [2.24, 2.45) is 5.41 Å². The second kappa shape index (κ2) is 6.38. The van der Waals surface area contributed by atoms with Gasteiger partial charge in [0.15, 0.2) is 0 Å². The van der Waals surface area contributed by atoms with E-state index in [1.807, 2.05) is 0 Å². The minimum Gasteiger partial charge on any atom is -0.311 e. The Balaban J connectivity index is 2.40. The number of nitrogens with one attached hydrogen (secondary N) is 1. The third kappa shape index (κ3) is 5.22. The average Bonchev–Trinajstić information content (AvgIpc) is 2.25. The lowest BCUT2D eigenvalue weighted by atomic mass is 9.87. The molecule has 0 aliphatic rings. The normalized spacial score (nSPS) is 15.4. The van der Waals surface area contributed by atoms with Crippen LogP contribution < -0.4 is 5.32 Å². The van der Waals surface area contributed by atoms with Crippen molar-refractivity contribution < 1.29 is 0 Å². The highest BCUT2D eigenvalue weighted by Gasteiger charge is 2.20. The third-order valence-corrected chi connectivity index (χ3v) is 3.78. The molecule has 18 heavy (non-hydrogen) atoms. The van der Waals surface area contributed by atoms with E-state index >= 15 is 0 Å². The number of benzene rings is 1. The molecule has 0 radical (unpaired) electrons. The van der Waals surface area contributed by atoms with Crippen molar-refractivity contribution in [3.05, 3.63) is 35.4 Å². The Labute approximate surface area is 113 Å². The minimum absolute atomic E-state index is 0.331. The Morgan fingerprint density at radius 3 is 2.39 bits per heavy atom. The monoisotopic (exact) mass is 247 g/mol. The van der Waals surface area contributed by atoms with Crippen LogP contribution in [0.25, 0.3) is 0 Å². The molecular formula is C17H29N. The summed E-state index contributed by atoms with van der Waals surface area (Å²) in [7, 11) is 0. The van der Waals surface area contributed by atoms with Crippen LogP contribution in [0.4, 0.5) is 0 Å². The maximum atomic E-state index is 3.70. The van der Waals surface area contributed by atoms with E-state index in [1.54, 1.807) is 0 Å². The van der Waals surface area contributed by atoms with Gasteiger partial charge in [0.05, 0.1) is 0 Å². The van der Waals surface area contributed by atoms with Crippen molar-refractivity contribution in [2.45, 2.75) is 66.5 Å². The lowest BCUT2D eigenvalue weighted by molar-refractivity contribution is 0.263.